The second-order valence-corrected chi connectivity index (χ2v) is 4.04. The maximum Gasteiger partial charge on any atom is 0.416 e. The van der Waals surface area contributed by atoms with Crippen LogP contribution >= 0.6 is 0 Å². The third kappa shape index (κ3) is 3.72. The number of hydrogen-bond donors (Lipinski definition) is 1. The predicted molar refractivity (Wildman–Crippen MR) is 58.3 cm³/mol. The molecule has 2 amide bonds. The number of carbonyl (C=O) groups excluding carboxylic acids is 2. The number of imide groups is 1. The summed E-state index contributed by atoms with van der Waals surface area (Å²) in [6, 6.07) is 0. The highest BCUT2D eigenvalue weighted by molar-refractivity contribution is 5.96. The van der Waals surface area contributed by atoms with Gasteiger partial charge in [0.05, 0.1) is 18.9 Å². The minimum absolute atomic E-state index is 0.225. The molecule has 0 aromatic carbocycles. The lowest BCUT2D eigenvalue weighted by Gasteiger charge is -2.14. The fourth-order valence-corrected chi connectivity index (χ4v) is 1.70. The molecule has 1 unspecified atom stereocenters. The molecule has 1 aliphatic heterocycles. The maximum absolute atomic E-state index is 11.7. The van der Waals surface area contributed by atoms with Crippen molar-refractivity contribution in [2.45, 2.75) is 32.6 Å². The number of ether oxygens (including phenoxy) is 1. The number of hydrogen-bond acceptors (Lipinski definition) is 4. The molecule has 6 heteroatoms. The average molecular weight is 243 g/mol. The van der Waals surface area contributed by atoms with Crippen LogP contribution in [0.2, 0.25) is 0 Å². The van der Waals surface area contributed by atoms with E-state index in [1.54, 1.807) is 0 Å². The van der Waals surface area contributed by atoms with E-state index in [1.165, 1.54) is 0 Å². The molecule has 0 aliphatic carbocycles. The highest BCUT2D eigenvalue weighted by Crippen LogP contribution is 2.21. The molecule has 0 saturated carbocycles. The van der Waals surface area contributed by atoms with Gasteiger partial charge in [0.15, 0.2) is 0 Å². The molecule has 1 heterocycles. The Morgan fingerprint density at radius 3 is 2.82 bits per heavy atom. The Morgan fingerprint density at radius 1 is 1.53 bits per heavy atom. The van der Waals surface area contributed by atoms with Crippen molar-refractivity contribution in [3.05, 3.63) is 0 Å². The molecule has 1 N–H and O–H groups in total. The Hall–Kier alpha value is -1.59. The zero-order valence-corrected chi connectivity index (χ0v) is 9.85. The third-order valence-electron chi connectivity index (χ3n) is 2.68. The highest BCUT2D eigenvalue weighted by Gasteiger charge is 2.37. The molecule has 1 rings (SSSR count). The Bertz CT molecular complexity index is 315. The zero-order valence-electron chi connectivity index (χ0n) is 9.85. The molecule has 6 nitrogen and oxygen atoms in total. The van der Waals surface area contributed by atoms with Crippen LogP contribution in [0.15, 0.2) is 0 Å². The van der Waals surface area contributed by atoms with Gasteiger partial charge in [0.2, 0.25) is 5.91 Å². The lowest BCUT2D eigenvalue weighted by molar-refractivity contribution is -0.141. The minimum atomic E-state index is -1.02. The second kappa shape index (κ2) is 6.22. The molecule has 0 aromatic rings. The summed E-state index contributed by atoms with van der Waals surface area (Å²) < 4.78 is 4.91. The van der Waals surface area contributed by atoms with Crippen molar-refractivity contribution in [1.82, 2.24) is 4.90 Å². The van der Waals surface area contributed by atoms with Gasteiger partial charge in [-0.25, -0.2) is 9.69 Å². The standard InChI is InChI=1S/C11H17NO5/c1-2-3-6-17-11(16)12-5-4-8(10(12)15)7-9(13)14/h8H,2-7H2,1H3,(H,13,14). The van der Waals surface area contributed by atoms with Crippen LogP contribution < -0.4 is 0 Å². The summed E-state index contributed by atoms with van der Waals surface area (Å²) in [4.78, 5) is 34.7. The van der Waals surface area contributed by atoms with E-state index in [0.29, 0.717) is 13.0 Å². The molecule has 96 valence electrons. The summed E-state index contributed by atoms with van der Waals surface area (Å²) in [5.74, 6) is -2.05. The molecular formula is C11H17NO5. The van der Waals surface area contributed by atoms with Crippen LogP contribution in [0.4, 0.5) is 4.79 Å². The first-order valence-corrected chi connectivity index (χ1v) is 5.76. The summed E-state index contributed by atoms with van der Waals surface area (Å²) in [7, 11) is 0. The topological polar surface area (TPSA) is 83.9 Å². The van der Waals surface area contributed by atoms with Crippen LogP contribution in [-0.4, -0.2) is 41.1 Å². The monoisotopic (exact) mass is 243 g/mol. The molecule has 1 atom stereocenters. The van der Waals surface area contributed by atoms with Crippen LogP contribution in [-0.2, 0) is 14.3 Å². The quantitative estimate of drug-likeness (QED) is 0.734. The van der Waals surface area contributed by atoms with Crippen molar-refractivity contribution >= 4 is 18.0 Å². The lowest BCUT2D eigenvalue weighted by atomic mass is 10.0. The van der Waals surface area contributed by atoms with Gasteiger partial charge in [-0.15, -0.1) is 0 Å². The normalized spacial score (nSPS) is 19.5. The predicted octanol–water partition coefficient (Wildman–Crippen LogP) is 1.25. The van der Waals surface area contributed by atoms with Gasteiger partial charge in [-0.1, -0.05) is 13.3 Å². The fourth-order valence-electron chi connectivity index (χ4n) is 1.70. The van der Waals surface area contributed by atoms with Crippen LogP contribution in [0.25, 0.3) is 0 Å². The number of rotatable bonds is 5. The Kier molecular flexibility index (Phi) is 4.93. The van der Waals surface area contributed by atoms with E-state index in [1.807, 2.05) is 6.92 Å². The van der Waals surface area contributed by atoms with Gasteiger partial charge in [0.1, 0.15) is 0 Å². The van der Waals surface area contributed by atoms with E-state index in [2.05, 4.69) is 0 Å². The third-order valence-corrected chi connectivity index (χ3v) is 2.68. The van der Waals surface area contributed by atoms with E-state index in [9.17, 15) is 14.4 Å². The molecule has 0 bridgehead atoms. The van der Waals surface area contributed by atoms with Crippen molar-refractivity contribution in [2.75, 3.05) is 13.2 Å². The van der Waals surface area contributed by atoms with E-state index in [4.69, 9.17) is 9.84 Å². The number of carboxylic acids is 1. The Labute approximate surface area is 99.5 Å². The van der Waals surface area contributed by atoms with Gasteiger partial charge < -0.3 is 9.84 Å². The van der Waals surface area contributed by atoms with Crippen LogP contribution in [0.5, 0.6) is 0 Å². The number of carboxylic acid groups (broad SMARTS) is 1. The van der Waals surface area contributed by atoms with Crippen LogP contribution in [0, 0.1) is 5.92 Å². The van der Waals surface area contributed by atoms with E-state index in [0.717, 1.165) is 17.7 Å². The first kappa shape index (κ1) is 13.5. The molecule has 0 radical (unpaired) electrons. The van der Waals surface area contributed by atoms with Crippen molar-refractivity contribution in [2.24, 2.45) is 5.92 Å². The van der Waals surface area contributed by atoms with Crippen molar-refractivity contribution < 1.29 is 24.2 Å². The summed E-state index contributed by atoms with van der Waals surface area (Å²) in [6.45, 7) is 2.52. The summed E-state index contributed by atoms with van der Waals surface area (Å²) in [5.41, 5.74) is 0. The van der Waals surface area contributed by atoms with E-state index >= 15 is 0 Å². The second-order valence-electron chi connectivity index (χ2n) is 4.04. The smallest absolute Gasteiger partial charge is 0.416 e. The molecule has 1 aliphatic rings. The van der Waals surface area contributed by atoms with E-state index < -0.39 is 23.9 Å². The van der Waals surface area contributed by atoms with Crippen molar-refractivity contribution in [1.29, 1.82) is 0 Å². The highest BCUT2D eigenvalue weighted by atomic mass is 16.6. The Morgan fingerprint density at radius 2 is 2.24 bits per heavy atom. The van der Waals surface area contributed by atoms with Gasteiger partial charge >= 0.3 is 12.1 Å². The first-order chi connectivity index (χ1) is 8.06. The SMILES string of the molecule is CCCCOC(=O)N1CCC(CC(=O)O)C1=O. The van der Waals surface area contributed by atoms with Crippen molar-refractivity contribution in [3.63, 3.8) is 0 Å². The number of amides is 2. The summed E-state index contributed by atoms with van der Waals surface area (Å²) >= 11 is 0. The number of carbonyl (C=O) groups is 3. The fraction of sp³-hybridized carbons (Fsp3) is 0.727. The van der Waals surface area contributed by atoms with Gasteiger partial charge in [0, 0.05) is 6.54 Å². The first-order valence-electron chi connectivity index (χ1n) is 5.76. The number of unbranched alkanes of at least 4 members (excludes halogenated alkanes) is 1. The average Bonchev–Trinajstić information content (AvgIpc) is 2.60. The molecule has 1 saturated heterocycles. The summed E-state index contributed by atoms with van der Waals surface area (Å²) in [5, 5.41) is 8.60. The van der Waals surface area contributed by atoms with Crippen LogP contribution in [0.3, 0.4) is 0 Å². The zero-order chi connectivity index (χ0) is 12.8. The summed E-state index contributed by atoms with van der Waals surface area (Å²) in [6.07, 6.45) is 1.18. The van der Waals surface area contributed by atoms with Gasteiger partial charge in [0.25, 0.3) is 0 Å². The van der Waals surface area contributed by atoms with Crippen LogP contribution in [0.1, 0.15) is 32.6 Å². The van der Waals surface area contributed by atoms with Crippen molar-refractivity contribution in [3.8, 4) is 0 Å². The number of nitrogens with zero attached hydrogens (tertiary/aromatic N) is 1. The molecule has 1 fully saturated rings. The minimum Gasteiger partial charge on any atom is -0.481 e. The number of likely N-dealkylation sites (tertiary alicyclic amines) is 1. The molecule has 0 spiro atoms. The number of aliphatic carboxylic acids is 1. The lowest BCUT2D eigenvalue weighted by Crippen LogP contribution is -2.34. The van der Waals surface area contributed by atoms with Gasteiger partial charge in [-0.05, 0) is 12.8 Å². The van der Waals surface area contributed by atoms with E-state index in [-0.39, 0.29) is 13.0 Å². The van der Waals surface area contributed by atoms with Gasteiger partial charge in [-0.3, -0.25) is 9.59 Å². The molecular weight excluding hydrogens is 226 g/mol. The van der Waals surface area contributed by atoms with Gasteiger partial charge in [-0.2, -0.15) is 0 Å². The molecule has 17 heavy (non-hydrogen) atoms. The molecule has 0 aromatic heterocycles. The Balaban J connectivity index is 2.43. The maximum atomic E-state index is 11.7. The largest absolute Gasteiger partial charge is 0.481 e.